The van der Waals surface area contributed by atoms with Gasteiger partial charge in [-0.3, -0.25) is 4.79 Å². The summed E-state index contributed by atoms with van der Waals surface area (Å²) in [5.74, 6) is 0.186. The molecule has 1 saturated heterocycles. The highest BCUT2D eigenvalue weighted by Crippen LogP contribution is 2.30. The summed E-state index contributed by atoms with van der Waals surface area (Å²) in [6.07, 6.45) is 1.00. The van der Waals surface area contributed by atoms with Crippen LogP contribution in [0.25, 0.3) is 0 Å². The molecule has 1 amide bonds. The van der Waals surface area contributed by atoms with Crippen molar-refractivity contribution < 1.29 is 4.79 Å². The van der Waals surface area contributed by atoms with Crippen LogP contribution in [0.1, 0.15) is 24.9 Å². The van der Waals surface area contributed by atoms with Gasteiger partial charge in [0.05, 0.1) is 6.54 Å². The molecular formula is C15H22BrN3O. The molecule has 5 heteroatoms. The Morgan fingerprint density at radius 3 is 2.80 bits per heavy atom. The van der Waals surface area contributed by atoms with Crippen LogP contribution in [0.15, 0.2) is 22.7 Å². The van der Waals surface area contributed by atoms with Crippen molar-refractivity contribution in [3.8, 4) is 0 Å². The molecule has 2 rings (SSSR count). The number of nitrogens with one attached hydrogen (secondary N) is 1. The largest absolute Gasteiger partial charge is 0.362 e. The monoisotopic (exact) mass is 339 g/mol. The summed E-state index contributed by atoms with van der Waals surface area (Å²) < 4.78 is 1.05. The number of nitrogens with zero attached hydrogens (tertiary/aromatic N) is 2. The Bertz CT molecular complexity index is 492. The first-order valence-electron chi connectivity index (χ1n) is 6.98. The third kappa shape index (κ3) is 3.33. The lowest BCUT2D eigenvalue weighted by atomic mass is 10.0. The molecule has 1 unspecified atom stereocenters. The number of carbonyl (C=O) groups excluding carboxylic acids is 1. The van der Waals surface area contributed by atoms with Gasteiger partial charge in [-0.2, -0.15) is 0 Å². The van der Waals surface area contributed by atoms with Crippen LogP contribution in [0, 0.1) is 0 Å². The fraction of sp³-hybridized carbons (Fsp3) is 0.533. The van der Waals surface area contributed by atoms with Crippen LogP contribution in [-0.4, -0.2) is 44.5 Å². The molecule has 0 bridgehead atoms. The molecule has 0 saturated carbocycles. The van der Waals surface area contributed by atoms with Crippen LogP contribution < -0.4 is 10.2 Å². The standard InChI is InChI=1S/C15H22BrN3O/c1-11(17-2)13-6-5-12(16)9-14(13)19-8-4-7-18(3)15(20)10-19/h5-6,9,11,17H,4,7-8,10H2,1-3H3. The minimum atomic E-state index is 0.186. The quantitative estimate of drug-likeness (QED) is 0.918. The molecule has 1 aromatic rings. The Kier molecular flexibility index (Phi) is 5.05. The van der Waals surface area contributed by atoms with E-state index < -0.39 is 0 Å². The minimum Gasteiger partial charge on any atom is -0.362 e. The Morgan fingerprint density at radius 2 is 2.10 bits per heavy atom. The molecule has 1 aromatic carbocycles. The molecule has 1 fully saturated rings. The van der Waals surface area contributed by atoms with Crippen molar-refractivity contribution >= 4 is 27.5 Å². The van der Waals surface area contributed by atoms with E-state index in [2.05, 4.69) is 51.3 Å². The summed E-state index contributed by atoms with van der Waals surface area (Å²) in [6.45, 7) is 4.34. The van der Waals surface area contributed by atoms with E-state index in [-0.39, 0.29) is 11.9 Å². The van der Waals surface area contributed by atoms with Crippen molar-refractivity contribution in [1.29, 1.82) is 0 Å². The maximum absolute atomic E-state index is 12.1. The van der Waals surface area contributed by atoms with Crippen LogP contribution >= 0.6 is 15.9 Å². The molecule has 0 radical (unpaired) electrons. The number of carbonyl (C=O) groups is 1. The first-order chi connectivity index (χ1) is 9.52. The zero-order valence-electron chi connectivity index (χ0n) is 12.3. The van der Waals surface area contributed by atoms with Crippen LogP contribution in [0.3, 0.4) is 0 Å². The van der Waals surface area contributed by atoms with E-state index in [1.807, 2.05) is 19.0 Å². The maximum Gasteiger partial charge on any atom is 0.241 e. The van der Waals surface area contributed by atoms with Crippen molar-refractivity contribution in [2.45, 2.75) is 19.4 Å². The van der Waals surface area contributed by atoms with Gasteiger partial charge in [-0.15, -0.1) is 0 Å². The second-order valence-corrected chi connectivity index (χ2v) is 6.22. The van der Waals surface area contributed by atoms with E-state index in [9.17, 15) is 4.79 Å². The van der Waals surface area contributed by atoms with Crippen LogP contribution in [0.4, 0.5) is 5.69 Å². The van der Waals surface area contributed by atoms with Gasteiger partial charge in [0.15, 0.2) is 0 Å². The van der Waals surface area contributed by atoms with Gasteiger partial charge in [-0.25, -0.2) is 0 Å². The number of likely N-dealkylation sites (N-methyl/N-ethyl adjacent to an activating group) is 1. The molecule has 4 nitrogen and oxygen atoms in total. The third-order valence-electron chi connectivity index (χ3n) is 3.91. The first kappa shape index (κ1) is 15.3. The Balaban J connectivity index is 2.35. The van der Waals surface area contributed by atoms with Crippen molar-refractivity contribution in [2.75, 3.05) is 38.6 Å². The second kappa shape index (κ2) is 6.59. The molecular weight excluding hydrogens is 318 g/mol. The zero-order chi connectivity index (χ0) is 14.7. The Hall–Kier alpha value is -1.07. The SMILES string of the molecule is CNC(C)c1ccc(Br)cc1N1CCCN(C)C(=O)C1. The van der Waals surface area contributed by atoms with E-state index in [0.717, 1.165) is 29.7 Å². The van der Waals surface area contributed by atoms with Crippen LogP contribution in [0.2, 0.25) is 0 Å². The predicted octanol–water partition coefficient (Wildman–Crippen LogP) is 2.40. The van der Waals surface area contributed by atoms with Crippen LogP contribution in [0.5, 0.6) is 0 Å². The zero-order valence-corrected chi connectivity index (χ0v) is 13.9. The summed E-state index contributed by atoms with van der Waals surface area (Å²) in [5.41, 5.74) is 2.37. The van der Waals surface area contributed by atoms with Gasteiger partial charge in [-0.1, -0.05) is 22.0 Å². The van der Waals surface area contributed by atoms with E-state index in [1.54, 1.807) is 0 Å². The lowest BCUT2D eigenvalue weighted by Gasteiger charge is -2.27. The predicted molar refractivity (Wildman–Crippen MR) is 86.1 cm³/mol. The molecule has 1 atom stereocenters. The molecule has 110 valence electrons. The highest BCUT2D eigenvalue weighted by molar-refractivity contribution is 9.10. The molecule has 0 aliphatic carbocycles. The number of hydrogen-bond acceptors (Lipinski definition) is 3. The smallest absolute Gasteiger partial charge is 0.241 e. The topological polar surface area (TPSA) is 35.6 Å². The van der Waals surface area contributed by atoms with Crippen molar-refractivity contribution in [3.05, 3.63) is 28.2 Å². The molecule has 20 heavy (non-hydrogen) atoms. The third-order valence-corrected chi connectivity index (χ3v) is 4.40. The van der Waals surface area contributed by atoms with Crippen LogP contribution in [-0.2, 0) is 4.79 Å². The average molecular weight is 340 g/mol. The molecule has 1 N–H and O–H groups in total. The number of amides is 1. The highest BCUT2D eigenvalue weighted by Gasteiger charge is 2.22. The lowest BCUT2D eigenvalue weighted by molar-refractivity contribution is -0.127. The number of benzene rings is 1. The molecule has 1 aliphatic heterocycles. The summed E-state index contributed by atoms with van der Waals surface area (Å²) in [7, 11) is 3.84. The molecule has 0 spiro atoms. The van der Waals surface area contributed by atoms with Crippen molar-refractivity contribution in [3.63, 3.8) is 0 Å². The number of rotatable bonds is 3. The van der Waals surface area contributed by atoms with Gasteiger partial charge in [0.1, 0.15) is 0 Å². The minimum absolute atomic E-state index is 0.186. The lowest BCUT2D eigenvalue weighted by Crippen LogP contribution is -2.35. The van der Waals surface area contributed by atoms with E-state index in [1.165, 1.54) is 5.56 Å². The van der Waals surface area contributed by atoms with Gasteiger partial charge in [-0.05, 0) is 38.1 Å². The summed E-state index contributed by atoms with van der Waals surface area (Å²) in [4.78, 5) is 16.1. The molecule has 0 aromatic heterocycles. The van der Waals surface area contributed by atoms with Crippen molar-refractivity contribution in [2.24, 2.45) is 0 Å². The normalized spacial score (nSPS) is 18.1. The fourth-order valence-corrected chi connectivity index (χ4v) is 2.85. The van der Waals surface area contributed by atoms with Gasteiger partial charge in [0, 0.05) is 36.3 Å². The van der Waals surface area contributed by atoms with Gasteiger partial charge in [0.2, 0.25) is 5.91 Å². The summed E-state index contributed by atoms with van der Waals surface area (Å²) >= 11 is 3.54. The van der Waals surface area contributed by atoms with E-state index >= 15 is 0 Å². The number of hydrogen-bond donors (Lipinski definition) is 1. The Morgan fingerprint density at radius 1 is 1.35 bits per heavy atom. The molecule has 1 aliphatic rings. The average Bonchev–Trinajstić information content (AvgIpc) is 2.60. The fourth-order valence-electron chi connectivity index (χ4n) is 2.50. The second-order valence-electron chi connectivity index (χ2n) is 5.30. The summed E-state index contributed by atoms with van der Waals surface area (Å²) in [5, 5.41) is 3.28. The first-order valence-corrected chi connectivity index (χ1v) is 7.78. The maximum atomic E-state index is 12.1. The van der Waals surface area contributed by atoms with Gasteiger partial charge in [0.25, 0.3) is 0 Å². The van der Waals surface area contributed by atoms with Gasteiger partial charge >= 0.3 is 0 Å². The number of halogens is 1. The van der Waals surface area contributed by atoms with E-state index in [0.29, 0.717) is 6.54 Å². The van der Waals surface area contributed by atoms with Crippen molar-refractivity contribution in [1.82, 2.24) is 10.2 Å². The van der Waals surface area contributed by atoms with Gasteiger partial charge < -0.3 is 15.1 Å². The highest BCUT2D eigenvalue weighted by atomic mass is 79.9. The summed E-state index contributed by atoms with van der Waals surface area (Å²) in [6, 6.07) is 6.55. The molecule has 1 heterocycles. The Labute approximate surface area is 129 Å². The number of anilines is 1. The van der Waals surface area contributed by atoms with E-state index in [4.69, 9.17) is 0 Å².